The first-order chi connectivity index (χ1) is 5.97. The lowest BCUT2D eigenvalue weighted by Crippen LogP contribution is -2.11. The molecular weight excluding hydrogens is 170 g/mol. The Bertz CT molecular complexity index is 231. The van der Waals surface area contributed by atoms with Crippen molar-refractivity contribution in [2.75, 3.05) is 21.2 Å². The van der Waals surface area contributed by atoms with Crippen LogP contribution < -0.4 is 0 Å². The molecule has 0 atom stereocenters. The van der Waals surface area contributed by atoms with Gasteiger partial charge in [0, 0.05) is 25.9 Å². The summed E-state index contributed by atoms with van der Waals surface area (Å²) in [6, 6.07) is 0. The molecule has 0 aliphatic heterocycles. The molecule has 0 saturated carbocycles. The minimum atomic E-state index is -0.400. The highest BCUT2D eigenvalue weighted by Crippen LogP contribution is 2.04. The summed E-state index contributed by atoms with van der Waals surface area (Å²) in [5, 5.41) is 0. The molecule has 0 heterocycles. The highest BCUT2D eigenvalue weighted by atomic mass is 16.5. The van der Waals surface area contributed by atoms with E-state index in [1.807, 2.05) is 0 Å². The summed E-state index contributed by atoms with van der Waals surface area (Å²) in [6.07, 6.45) is 1.66. The van der Waals surface area contributed by atoms with Crippen LogP contribution in [0.4, 0.5) is 0 Å². The zero-order chi connectivity index (χ0) is 10.4. The van der Waals surface area contributed by atoms with E-state index in [4.69, 9.17) is 0 Å². The van der Waals surface area contributed by atoms with Crippen molar-refractivity contribution in [1.29, 1.82) is 0 Å². The quantitative estimate of drug-likeness (QED) is 0.475. The Morgan fingerprint density at radius 1 is 1.38 bits per heavy atom. The molecule has 0 amide bonds. The van der Waals surface area contributed by atoms with Crippen LogP contribution in [0.2, 0.25) is 0 Å². The molecule has 0 aromatic rings. The number of hydrogen-bond donors (Lipinski definition) is 0. The van der Waals surface area contributed by atoms with Crippen molar-refractivity contribution in [3.05, 3.63) is 11.8 Å². The third-order valence-electron chi connectivity index (χ3n) is 1.43. The fourth-order valence-electron chi connectivity index (χ4n) is 0.800. The number of ether oxygens (including phenoxy) is 1. The van der Waals surface area contributed by atoms with Gasteiger partial charge in [-0.3, -0.25) is 9.59 Å². The fourth-order valence-corrected chi connectivity index (χ4v) is 0.800. The van der Waals surface area contributed by atoms with E-state index in [9.17, 15) is 9.59 Å². The van der Waals surface area contributed by atoms with E-state index in [0.29, 0.717) is 5.57 Å². The monoisotopic (exact) mass is 185 g/mol. The van der Waals surface area contributed by atoms with Crippen molar-refractivity contribution in [3.8, 4) is 0 Å². The standard InChI is InChI=1S/C9H15NO3/c1-7(11)8(6-10(2)3)5-9(12)13-4/h6H,5H2,1-4H3/b8-6+. The summed E-state index contributed by atoms with van der Waals surface area (Å²) in [5.74, 6) is -0.512. The number of nitrogens with zero attached hydrogens (tertiary/aromatic N) is 1. The molecule has 0 saturated heterocycles. The van der Waals surface area contributed by atoms with Crippen LogP contribution in [0.25, 0.3) is 0 Å². The Labute approximate surface area is 78.2 Å². The minimum absolute atomic E-state index is 0.0318. The van der Waals surface area contributed by atoms with Gasteiger partial charge >= 0.3 is 5.97 Å². The van der Waals surface area contributed by atoms with Gasteiger partial charge in [0.25, 0.3) is 0 Å². The maximum atomic E-state index is 11.0. The molecule has 0 aliphatic rings. The third kappa shape index (κ3) is 5.00. The molecule has 0 rings (SSSR count). The van der Waals surface area contributed by atoms with Gasteiger partial charge in [0.1, 0.15) is 0 Å². The van der Waals surface area contributed by atoms with E-state index in [0.717, 1.165) is 0 Å². The zero-order valence-corrected chi connectivity index (χ0v) is 8.46. The molecule has 4 nitrogen and oxygen atoms in total. The van der Waals surface area contributed by atoms with Gasteiger partial charge in [0.05, 0.1) is 13.5 Å². The molecule has 13 heavy (non-hydrogen) atoms. The van der Waals surface area contributed by atoms with Gasteiger partial charge in [0.2, 0.25) is 0 Å². The highest BCUT2D eigenvalue weighted by molar-refractivity contribution is 5.97. The molecule has 0 radical (unpaired) electrons. The summed E-state index contributed by atoms with van der Waals surface area (Å²) in [6.45, 7) is 1.43. The maximum absolute atomic E-state index is 11.0. The first-order valence-electron chi connectivity index (χ1n) is 3.92. The largest absolute Gasteiger partial charge is 0.469 e. The summed E-state index contributed by atoms with van der Waals surface area (Å²) in [5.41, 5.74) is 0.455. The van der Waals surface area contributed by atoms with Crippen LogP contribution >= 0.6 is 0 Å². The summed E-state index contributed by atoms with van der Waals surface area (Å²) in [4.78, 5) is 23.6. The molecule has 0 N–H and O–H groups in total. The van der Waals surface area contributed by atoms with Crippen LogP contribution in [0.5, 0.6) is 0 Å². The van der Waals surface area contributed by atoms with Gasteiger partial charge in [-0.25, -0.2) is 0 Å². The second kappa shape index (κ2) is 5.35. The normalized spacial score (nSPS) is 10.9. The topological polar surface area (TPSA) is 46.6 Å². The van der Waals surface area contributed by atoms with Crippen molar-refractivity contribution >= 4 is 11.8 Å². The van der Waals surface area contributed by atoms with Crippen LogP contribution in [-0.2, 0) is 14.3 Å². The van der Waals surface area contributed by atoms with E-state index >= 15 is 0 Å². The fraction of sp³-hybridized carbons (Fsp3) is 0.556. The second-order valence-corrected chi connectivity index (χ2v) is 2.93. The van der Waals surface area contributed by atoms with Crippen molar-refractivity contribution < 1.29 is 14.3 Å². The Morgan fingerprint density at radius 3 is 2.23 bits per heavy atom. The summed E-state index contributed by atoms with van der Waals surface area (Å²) < 4.78 is 4.46. The number of esters is 1. The lowest BCUT2D eigenvalue weighted by molar-refractivity contribution is -0.140. The van der Waals surface area contributed by atoms with Gasteiger partial charge in [-0.15, -0.1) is 0 Å². The van der Waals surface area contributed by atoms with Crippen LogP contribution in [-0.4, -0.2) is 37.9 Å². The number of methoxy groups -OCH3 is 1. The first-order valence-corrected chi connectivity index (χ1v) is 3.92. The van der Waals surface area contributed by atoms with E-state index < -0.39 is 5.97 Å². The molecule has 0 spiro atoms. The van der Waals surface area contributed by atoms with Gasteiger partial charge in [0.15, 0.2) is 5.78 Å². The number of carbonyl (C=O) groups is 2. The molecule has 0 aliphatic carbocycles. The Morgan fingerprint density at radius 2 is 1.92 bits per heavy atom. The van der Waals surface area contributed by atoms with Gasteiger partial charge in [-0.1, -0.05) is 0 Å². The van der Waals surface area contributed by atoms with E-state index in [2.05, 4.69) is 4.74 Å². The zero-order valence-electron chi connectivity index (χ0n) is 8.46. The summed E-state index contributed by atoms with van der Waals surface area (Å²) >= 11 is 0. The van der Waals surface area contributed by atoms with E-state index in [1.165, 1.54) is 14.0 Å². The SMILES string of the molecule is COC(=O)C/C(=C\N(C)C)C(C)=O. The number of ketones is 1. The molecule has 0 aromatic carbocycles. The molecule has 0 bridgehead atoms. The van der Waals surface area contributed by atoms with Crippen LogP contribution in [0.1, 0.15) is 13.3 Å². The molecule has 0 aromatic heterocycles. The lowest BCUT2D eigenvalue weighted by atomic mass is 10.1. The van der Waals surface area contributed by atoms with Gasteiger partial charge < -0.3 is 9.64 Å². The maximum Gasteiger partial charge on any atom is 0.310 e. The van der Waals surface area contributed by atoms with Crippen LogP contribution in [0, 0.1) is 0 Å². The molecule has 4 heteroatoms. The number of rotatable bonds is 4. The second-order valence-electron chi connectivity index (χ2n) is 2.93. The smallest absolute Gasteiger partial charge is 0.310 e. The number of carbonyl (C=O) groups excluding carboxylic acids is 2. The van der Waals surface area contributed by atoms with Crippen molar-refractivity contribution in [2.24, 2.45) is 0 Å². The third-order valence-corrected chi connectivity index (χ3v) is 1.43. The lowest BCUT2D eigenvalue weighted by Gasteiger charge is -2.08. The number of Topliss-reactive ketones (excluding diaryl/α,β-unsaturated/α-hetero) is 1. The van der Waals surface area contributed by atoms with E-state index in [1.54, 1.807) is 25.2 Å². The highest BCUT2D eigenvalue weighted by Gasteiger charge is 2.10. The predicted molar refractivity (Wildman–Crippen MR) is 49.1 cm³/mol. The minimum Gasteiger partial charge on any atom is -0.469 e. The molecule has 0 fully saturated rings. The number of hydrogen-bond acceptors (Lipinski definition) is 4. The van der Waals surface area contributed by atoms with Crippen LogP contribution in [0.15, 0.2) is 11.8 Å². The Balaban J connectivity index is 4.45. The molecular formula is C9H15NO3. The van der Waals surface area contributed by atoms with E-state index in [-0.39, 0.29) is 12.2 Å². The van der Waals surface area contributed by atoms with Gasteiger partial charge in [-0.2, -0.15) is 0 Å². The average Bonchev–Trinajstić information content (AvgIpc) is 2.02. The van der Waals surface area contributed by atoms with Crippen molar-refractivity contribution in [3.63, 3.8) is 0 Å². The van der Waals surface area contributed by atoms with Gasteiger partial charge in [-0.05, 0) is 6.92 Å². The molecule has 74 valence electrons. The average molecular weight is 185 g/mol. The predicted octanol–water partition coefficient (Wildman–Crippen LogP) is 0.584. The Kier molecular flexibility index (Phi) is 4.80. The first kappa shape index (κ1) is 11.7. The Hall–Kier alpha value is -1.32. The van der Waals surface area contributed by atoms with Crippen molar-refractivity contribution in [2.45, 2.75) is 13.3 Å². The summed E-state index contributed by atoms with van der Waals surface area (Å²) in [7, 11) is 4.89. The van der Waals surface area contributed by atoms with Crippen LogP contribution in [0.3, 0.4) is 0 Å². The molecule has 0 unspecified atom stereocenters. The van der Waals surface area contributed by atoms with Crippen molar-refractivity contribution in [1.82, 2.24) is 4.90 Å².